The van der Waals surface area contributed by atoms with E-state index in [2.05, 4.69) is 40.0 Å². The number of nitrogens with one attached hydrogen (secondary N) is 2. The smallest absolute Gasteiger partial charge is 0.410 e. The van der Waals surface area contributed by atoms with Gasteiger partial charge in [0.15, 0.2) is 5.96 Å². The first-order chi connectivity index (χ1) is 23.8. The van der Waals surface area contributed by atoms with Crippen molar-refractivity contribution in [2.75, 3.05) is 33.9 Å². The highest BCUT2D eigenvalue weighted by Gasteiger charge is 2.38. The van der Waals surface area contributed by atoms with Gasteiger partial charge in [0.25, 0.3) is 5.91 Å². The largest absolute Gasteiger partial charge is 0.469 e. The number of methoxy groups -OCH3 is 1. The minimum Gasteiger partial charge on any atom is -0.469 e. The minimum atomic E-state index is -0.824. The molecule has 1 heterocycles. The number of ether oxygens (including phenoxy) is 2. The van der Waals surface area contributed by atoms with Crippen LogP contribution in [0.1, 0.15) is 54.7 Å². The fourth-order valence-corrected chi connectivity index (χ4v) is 6.53. The number of carbonyl (C=O) groups is 4. The first kappa shape index (κ1) is 34.9. The van der Waals surface area contributed by atoms with Crippen LogP contribution in [0.5, 0.6) is 0 Å². The normalized spacial score (nSPS) is 15.9. The number of fused-ring (bicyclic) bond motifs is 3. The van der Waals surface area contributed by atoms with E-state index >= 15 is 0 Å². The van der Waals surface area contributed by atoms with Gasteiger partial charge in [-0.15, -0.1) is 0 Å². The number of amides is 3. The van der Waals surface area contributed by atoms with Crippen LogP contribution >= 0.6 is 0 Å². The topological polar surface area (TPSA) is 156 Å². The van der Waals surface area contributed by atoms with E-state index < -0.39 is 35.8 Å². The number of guanidine groups is 1. The van der Waals surface area contributed by atoms with Crippen molar-refractivity contribution in [2.45, 2.75) is 50.6 Å². The predicted molar refractivity (Wildman–Crippen MR) is 185 cm³/mol. The van der Waals surface area contributed by atoms with Crippen LogP contribution in [0, 0.1) is 5.92 Å². The number of aliphatic imine (C=N–C) groups is 1. The summed E-state index contributed by atoms with van der Waals surface area (Å²) in [5, 5.41) is 4.16. The number of esters is 1. The molecule has 3 aromatic carbocycles. The molecule has 3 aromatic rings. The molecule has 0 spiro atoms. The summed E-state index contributed by atoms with van der Waals surface area (Å²) in [4.78, 5) is 58.9. The molecule has 12 nitrogen and oxygen atoms in total. The quantitative estimate of drug-likeness (QED) is 0.0862. The molecule has 0 bridgehead atoms. The third-order valence-electron chi connectivity index (χ3n) is 9.09. The second-order valence-electron chi connectivity index (χ2n) is 12.2. The van der Waals surface area contributed by atoms with Crippen molar-refractivity contribution in [1.29, 1.82) is 0 Å². The van der Waals surface area contributed by atoms with Crippen molar-refractivity contribution in [3.8, 4) is 11.1 Å². The predicted octanol–water partition coefficient (Wildman–Crippen LogP) is 3.95. The summed E-state index contributed by atoms with van der Waals surface area (Å²) in [7, 11) is 2.85. The van der Waals surface area contributed by atoms with Gasteiger partial charge in [-0.3, -0.25) is 29.7 Å². The Bertz CT molecular complexity index is 1620. The molecule has 4 N–H and O–H groups in total. The Morgan fingerprint density at radius 2 is 1.63 bits per heavy atom. The standard InChI is InChI=1S/C37H44N6O6/c1-39-36(38)40-20-10-14-26(35(46)48-2)22-33(44)43(23-25-12-4-3-5-13-25)41-34(45)32-19-11-21-42(32)37(47)49-24-31-29-17-8-6-15-27(29)28-16-7-9-18-30(28)31/h3-9,12-13,15-18,26,31-32H,10-11,14,19-24H2,1-2H3,(H,41,45)(H3,38,39,40)/t26-,32-/m0/s1. The Balaban J connectivity index is 1.25. The van der Waals surface area contributed by atoms with E-state index in [4.69, 9.17) is 15.2 Å². The maximum Gasteiger partial charge on any atom is 0.410 e. The SMILES string of the molecule is CN=C(N)NCCC[C@@H](CC(=O)N(Cc1ccccc1)NC(=O)[C@@H]1CCCN1C(=O)OCC1c2ccccc2-c2ccccc21)C(=O)OC. The molecule has 1 aliphatic carbocycles. The lowest BCUT2D eigenvalue weighted by Crippen LogP contribution is -2.53. The van der Waals surface area contributed by atoms with Crippen LogP contribution in [0.3, 0.4) is 0 Å². The lowest BCUT2D eigenvalue weighted by atomic mass is 9.98. The summed E-state index contributed by atoms with van der Waals surface area (Å²) in [6, 6.07) is 24.6. The number of likely N-dealkylation sites (tertiary alicyclic amines) is 1. The molecule has 1 aliphatic heterocycles. The molecule has 0 aromatic heterocycles. The van der Waals surface area contributed by atoms with E-state index in [0.717, 1.165) is 27.8 Å². The molecule has 0 radical (unpaired) electrons. The summed E-state index contributed by atoms with van der Waals surface area (Å²) < 4.78 is 10.9. The van der Waals surface area contributed by atoms with Crippen LogP contribution in [0.25, 0.3) is 11.1 Å². The molecular weight excluding hydrogens is 624 g/mol. The number of hydrogen-bond acceptors (Lipinski definition) is 7. The van der Waals surface area contributed by atoms with Crippen molar-refractivity contribution in [3.63, 3.8) is 0 Å². The third kappa shape index (κ3) is 8.56. The van der Waals surface area contributed by atoms with Gasteiger partial charge in [0.1, 0.15) is 12.6 Å². The third-order valence-corrected chi connectivity index (χ3v) is 9.09. The van der Waals surface area contributed by atoms with Crippen molar-refractivity contribution in [1.82, 2.24) is 20.7 Å². The zero-order valence-corrected chi connectivity index (χ0v) is 28.0. The number of carbonyl (C=O) groups excluding carboxylic acids is 4. The Hall–Kier alpha value is -5.39. The molecule has 1 saturated heterocycles. The number of rotatable bonds is 12. The van der Waals surface area contributed by atoms with E-state index in [1.807, 2.05) is 54.6 Å². The van der Waals surface area contributed by atoms with Crippen molar-refractivity contribution < 1.29 is 28.7 Å². The molecule has 49 heavy (non-hydrogen) atoms. The molecule has 3 amide bonds. The van der Waals surface area contributed by atoms with Crippen molar-refractivity contribution in [2.24, 2.45) is 16.6 Å². The molecule has 12 heteroatoms. The molecule has 5 rings (SSSR count). The second kappa shape index (κ2) is 16.6. The number of nitrogens with zero attached hydrogens (tertiary/aromatic N) is 3. The second-order valence-corrected chi connectivity index (χ2v) is 12.2. The monoisotopic (exact) mass is 668 g/mol. The maximum absolute atomic E-state index is 13.8. The average Bonchev–Trinajstić information content (AvgIpc) is 3.75. The van der Waals surface area contributed by atoms with Crippen LogP contribution in [0.15, 0.2) is 83.9 Å². The van der Waals surface area contributed by atoms with Gasteiger partial charge in [-0.1, -0.05) is 78.9 Å². The average molecular weight is 669 g/mol. The molecular formula is C37H44N6O6. The Morgan fingerprint density at radius 3 is 2.29 bits per heavy atom. The molecule has 0 unspecified atom stereocenters. The van der Waals surface area contributed by atoms with Crippen LogP contribution in [0.2, 0.25) is 0 Å². The molecule has 0 saturated carbocycles. The van der Waals surface area contributed by atoms with Gasteiger partial charge >= 0.3 is 12.1 Å². The van der Waals surface area contributed by atoms with E-state index in [1.54, 1.807) is 7.05 Å². The first-order valence-electron chi connectivity index (χ1n) is 16.6. The zero-order chi connectivity index (χ0) is 34.8. The van der Waals surface area contributed by atoms with Crippen LogP contribution in [-0.4, -0.2) is 79.6 Å². The van der Waals surface area contributed by atoms with Crippen LogP contribution < -0.4 is 16.5 Å². The summed E-state index contributed by atoms with van der Waals surface area (Å²) in [5.74, 6) is -2.04. The van der Waals surface area contributed by atoms with Gasteiger partial charge in [0.2, 0.25) is 5.91 Å². The summed E-state index contributed by atoms with van der Waals surface area (Å²) >= 11 is 0. The summed E-state index contributed by atoms with van der Waals surface area (Å²) in [6.07, 6.45) is 1.16. The summed E-state index contributed by atoms with van der Waals surface area (Å²) in [6.45, 7) is 1.02. The molecule has 2 aliphatic rings. The van der Waals surface area contributed by atoms with E-state index in [-0.39, 0.29) is 31.4 Å². The highest BCUT2D eigenvalue weighted by Crippen LogP contribution is 2.44. The fraction of sp³-hybridized carbons (Fsp3) is 0.378. The Kier molecular flexibility index (Phi) is 11.9. The molecule has 2 atom stereocenters. The summed E-state index contributed by atoms with van der Waals surface area (Å²) in [5.41, 5.74) is 13.7. The lowest BCUT2D eigenvalue weighted by Gasteiger charge is -2.29. The maximum atomic E-state index is 13.8. The van der Waals surface area contributed by atoms with Gasteiger partial charge in [-0.05, 0) is 53.5 Å². The number of hydrazine groups is 1. The highest BCUT2D eigenvalue weighted by atomic mass is 16.6. The minimum absolute atomic E-state index is 0.0715. The van der Waals surface area contributed by atoms with Gasteiger partial charge in [0, 0.05) is 32.5 Å². The van der Waals surface area contributed by atoms with Crippen LogP contribution in [-0.2, 0) is 30.4 Å². The molecule has 258 valence electrons. The number of benzene rings is 3. The van der Waals surface area contributed by atoms with Gasteiger partial charge in [0.05, 0.1) is 19.6 Å². The highest BCUT2D eigenvalue weighted by molar-refractivity contribution is 5.89. The fourth-order valence-electron chi connectivity index (χ4n) is 6.53. The Morgan fingerprint density at radius 1 is 0.980 bits per heavy atom. The first-order valence-corrected chi connectivity index (χ1v) is 16.6. The van der Waals surface area contributed by atoms with Crippen LogP contribution in [0.4, 0.5) is 4.79 Å². The van der Waals surface area contributed by atoms with E-state index in [1.165, 1.54) is 17.0 Å². The van der Waals surface area contributed by atoms with E-state index in [9.17, 15) is 19.2 Å². The molecule has 1 fully saturated rings. The van der Waals surface area contributed by atoms with Gasteiger partial charge in [-0.25, -0.2) is 9.80 Å². The van der Waals surface area contributed by atoms with Crippen molar-refractivity contribution >= 4 is 29.8 Å². The van der Waals surface area contributed by atoms with E-state index in [0.29, 0.717) is 38.8 Å². The van der Waals surface area contributed by atoms with Gasteiger partial charge in [-0.2, -0.15) is 0 Å². The van der Waals surface area contributed by atoms with Gasteiger partial charge < -0.3 is 20.5 Å². The Labute approximate surface area is 286 Å². The zero-order valence-electron chi connectivity index (χ0n) is 28.0. The number of nitrogens with two attached hydrogens (primary N) is 1. The van der Waals surface area contributed by atoms with Crippen molar-refractivity contribution in [3.05, 3.63) is 95.6 Å². The number of hydrogen-bond donors (Lipinski definition) is 3. The lowest BCUT2D eigenvalue weighted by molar-refractivity contribution is -0.151.